The molecule has 144 valence electrons. The van der Waals surface area contributed by atoms with Gasteiger partial charge in [-0.2, -0.15) is 0 Å². The van der Waals surface area contributed by atoms with E-state index in [1.165, 1.54) is 0 Å². The van der Waals surface area contributed by atoms with E-state index in [0.29, 0.717) is 0 Å². The van der Waals surface area contributed by atoms with Gasteiger partial charge in [0.1, 0.15) is 11.6 Å². The molecule has 2 atom stereocenters. The highest BCUT2D eigenvalue weighted by atomic mass is 32.2. The maximum absolute atomic E-state index is 13.7. The molecule has 9 heteroatoms. The van der Waals surface area contributed by atoms with Crippen molar-refractivity contribution in [3.8, 4) is 0 Å². The van der Waals surface area contributed by atoms with Gasteiger partial charge in [-0.25, -0.2) is 21.9 Å². The topological polar surface area (TPSA) is 75.7 Å². The molecule has 0 spiro atoms. The monoisotopic (exact) mass is 388 g/mol. The zero-order chi connectivity index (χ0) is 18.9. The number of nitrogens with zero attached hydrogens (tertiary/aromatic N) is 1. The lowest BCUT2D eigenvalue weighted by Crippen LogP contribution is -2.49. The van der Waals surface area contributed by atoms with Crippen molar-refractivity contribution in [1.82, 2.24) is 9.62 Å². The number of nitrogens with one attached hydrogen (secondary N) is 1. The normalized spacial score (nSPS) is 25.5. The molecule has 0 radical (unpaired) electrons. The molecule has 2 saturated heterocycles. The Morgan fingerprint density at radius 3 is 2.35 bits per heavy atom. The summed E-state index contributed by atoms with van der Waals surface area (Å²) in [5, 5.41) is 0. The molecular weight excluding hydrogens is 366 g/mol. The summed E-state index contributed by atoms with van der Waals surface area (Å²) in [6.07, 6.45) is 3.50. The van der Waals surface area contributed by atoms with E-state index in [-0.39, 0.29) is 37.1 Å². The zero-order valence-corrected chi connectivity index (χ0v) is 15.3. The number of hydrogen-bond donors (Lipinski definition) is 1. The molecule has 2 aliphatic heterocycles. The summed E-state index contributed by atoms with van der Waals surface area (Å²) in [6, 6.07) is 3.08. The largest absolute Gasteiger partial charge is 0.381 e. The summed E-state index contributed by atoms with van der Waals surface area (Å²) in [6.45, 7) is -0.210. The van der Waals surface area contributed by atoms with Gasteiger partial charge in [0.25, 0.3) is 0 Å². The predicted octanol–water partition coefficient (Wildman–Crippen LogP) is 1.80. The second-order valence-corrected chi connectivity index (χ2v) is 8.42. The van der Waals surface area contributed by atoms with Crippen LogP contribution < -0.4 is 4.72 Å². The van der Waals surface area contributed by atoms with E-state index in [4.69, 9.17) is 4.74 Å². The van der Waals surface area contributed by atoms with Crippen LogP contribution in [0.2, 0.25) is 0 Å². The average molecular weight is 388 g/mol. The van der Waals surface area contributed by atoms with Crippen LogP contribution in [0.15, 0.2) is 23.1 Å². The van der Waals surface area contributed by atoms with Crippen LogP contribution in [0.5, 0.6) is 0 Å². The van der Waals surface area contributed by atoms with Gasteiger partial charge >= 0.3 is 0 Å². The minimum Gasteiger partial charge on any atom is -0.381 e. The Balaban J connectivity index is 1.59. The Kier molecular flexibility index (Phi) is 5.59. The van der Waals surface area contributed by atoms with E-state index in [0.717, 1.165) is 43.9 Å². The summed E-state index contributed by atoms with van der Waals surface area (Å²) in [5.41, 5.74) is 0. The third-order valence-electron chi connectivity index (χ3n) is 5.13. The summed E-state index contributed by atoms with van der Waals surface area (Å²) >= 11 is 0. The Bertz CT molecular complexity index is 753. The van der Waals surface area contributed by atoms with Crippen LogP contribution in [0.4, 0.5) is 8.78 Å². The highest BCUT2D eigenvalue weighted by Crippen LogP contribution is 2.37. The molecule has 0 aliphatic carbocycles. The maximum atomic E-state index is 13.7. The quantitative estimate of drug-likeness (QED) is 0.806. The number of carbonyl (C=O) groups is 1. The molecular formula is C17H22F2N2O4S. The van der Waals surface area contributed by atoms with E-state index in [2.05, 4.69) is 4.72 Å². The van der Waals surface area contributed by atoms with Crippen molar-refractivity contribution in [2.75, 3.05) is 13.7 Å². The molecule has 2 bridgehead atoms. The van der Waals surface area contributed by atoms with Crippen LogP contribution >= 0.6 is 0 Å². The molecule has 1 aromatic carbocycles. The lowest BCUT2D eigenvalue weighted by atomic mass is 9.99. The SMILES string of the molecule is COC1CC2CCC(C1)N2C(=O)CCNS(=O)(=O)c1c(F)cccc1F. The maximum Gasteiger partial charge on any atom is 0.246 e. The molecule has 2 fully saturated rings. The van der Waals surface area contributed by atoms with Crippen molar-refractivity contribution in [2.24, 2.45) is 0 Å². The van der Waals surface area contributed by atoms with E-state index >= 15 is 0 Å². The van der Waals surface area contributed by atoms with Crippen molar-refractivity contribution >= 4 is 15.9 Å². The fraction of sp³-hybridized carbons (Fsp3) is 0.588. The predicted molar refractivity (Wildman–Crippen MR) is 89.9 cm³/mol. The molecule has 3 rings (SSSR count). The Morgan fingerprint density at radius 2 is 1.81 bits per heavy atom. The molecule has 2 aliphatic rings. The molecule has 0 saturated carbocycles. The number of ether oxygens (including phenoxy) is 1. The zero-order valence-electron chi connectivity index (χ0n) is 14.5. The molecule has 6 nitrogen and oxygen atoms in total. The van der Waals surface area contributed by atoms with Crippen LogP contribution in [0.3, 0.4) is 0 Å². The first-order valence-electron chi connectivity index (χ1n) is 8.61. The van der Waals surface area contributed by atoms with Crippen molar-refractivity contribution in [2.45, 2.75) is 55.2 Å². The Hall–Kier alpha value is -1.58. The van der Waals surface area contributed by atoms with Gasteiger partial charge < -0.3 is 9.64 Å². The molecule has 2 unspecified atom stereocenters. The van der Waals surface area contributed by atoms with E-state index in [1.54, 1.807) is 7.11 Å². The van der Waals surface area contributed by atoms with Gasteiger partial charge in [-0.15, -0.1) is 0 Å². The Morgan fingerprint density at radius 1 is 1.23 bits per heavy atom. The third-order valence-corrected chi connectivity index (χ3v) is 6.64. The number of hydrogen-bond acceptors (Lipinski definition) is 4. The summed E-state index contributed by atoms with van der Waals surface area (Å²) in [5.74, 6) is -2.48. The number of amides is 1. The minimum absolute atomic E-state index is 0.0556. The standard InChI is InChI=1S/C17H22F2N2O4S/c1-25-13-9-11-5-6-12(10-13)21(11)16(22)7-8-20-26(23,24)17-14(18)3-2-4-15(17)19/h2-4,11-13,20H,5-10H2,1H3. The smallest absolute Gasteiger partial charge is 0.246 e. The third kappa shape index (κ3) is 3.74. The van der Waals surface area contributed by atoms with Gasteiger partial charge in [-0.05, 0) is 37.8 Å². The van der Waals surface area contributed by atoms with E-state index in [1.807, 2.05) is 4.90 Å². The highest BCUT2D eigenvalue weighted by molar-refractivity contribution is 7.89. The average Bonchev–Trinajstić information content (AvgIpc) is 2.84. The highest BCUT2D eigenvalue weighted by Gasteiger charge is 2.43. The van der Waals surface area contributed by atoms with Crippen LogP contribution in [0.25, 0.3) is 0 Å². The number of benzene rings is 1. The molecule has 0 aromatic heterocycles. The van der Waals surface area contributed by atoms with Crippen molar-refractivity contribution in [1.29, 1.82) is 0 Å². The lowest BCUT2D eigenvalue weighted by molar-refractivity contribution is -0.137. The Labute approximate surface area is 151 Å². The van der Waals surface area contributed by atoms with Crippen LogP contribution in [-0.4, -0.2) is 51.1 Å². The minimum atomic E-state index is -4.36. The van der Waals surface area contributed by atoms with Gasteiger partial charge in [0, 0.05) is 32.2 Å². The van der Waals surface area contributed by atoms with Crippen LogP contribution in [-0.2, 0) is 19.6 Å². The fourth-order valence-electron chi connectivity index (χ4n) is 3.96. The molecule has 1 aromatic rings. The number of piperidine rings is 1. The molecule has 1 N–H and O–H groups in total. The lowest BCUT2D eigenvalue weighted by Gasteiger charge is -2.38. The summed E-state index contributed by atoms with van der Waals surface area (Å²) in [7, 11) is -2.70. The van der Waals surface area contributed by atoms with Gasteiger partial charge in [0.2, 0.25) is 15.9 Å². The molecule has 2 heterocycles. The summed E-state index contributed by atoms with van der Waals surface area (Å²) in [4.78, 5) is 13.3. The first kappa shape index (κ1) is 19.2. The summed E-state index contributed by atoms with van der Waals surface area (Å²) < 4.78 is 59.1. The van der Waals surface area contributed by atoms with E-state index < -0.39 is 26.6 Å². The molecule has 1 amide bonds. The second-order valence-electron chi connectivity index (χ2n) is 6.71. The second kappa shape index (κ2) is 7.58. The number of fused-ring (bicyclic) bond motifs is 2. The number of halogens is 2. The van der Waals surface area contributed by atoms with Gasteiger partial charge in [0.15, 0.2) is 4.90 Å². The van der Waals surface area contributed by atoms with Gasteiger partial charge in [-0.3, -0.25) is 4.79 Å². The van der Waals surface area contributed by atoms with Crippen LogP contribution in [0, 0.1) is 11.6 Å². The molecule has 26 heavy (non-hydrogen) atoms. The van der Waals surface area contributed by atoms with Gasteiger partial charge in [0.05, 0.1) is 6.10 Å². The number of rotatable bonds is 6. The van der Waals surface area contributed by atoms with Crippen molar-refractivity contribution in [3.05, 3.63) is 29.8 Å². The van der Waals surface area contributed by atoms with E-state index in [9.17, 15) is 22.0 Å². The first-order chi connectivity index (χ1) is 12.3. The number of methoxy groups -OCH3 is 1. The number of carbonyl (C=O) groups excluding carboxylic acids is 1. The number of sulfonamides is 1. The first-order valence-corrected chi connectivity index (χ1v) is 10.1. The van der Waals surface area contributed by atoms with Crippen LogP contribution in [0.1, 0.15) is 32.1 Å². The van der Waals surface area contributed by atoms with Crippen molar-refractivity contribution in [3.63, 3.8) is 0 Å². The van der Waals surface area contributed by atoms with Crippen molar-refractivity contribution < 1.29 is 26.7 Å². The fourth-order valence-corrected chi connectivity index (χ4v) is 5.12. The van der Waals surface area contributed by atoms with Gasteiger partial charge in [-0.1, -0.05) is 6.07 Å².